The van der Waals surface area contributed by atoms with Gasteiger partial charge in [-0.25, -0.2) is 9.78 Å². The lowest BCUT2D eigenvalue weighted by molar-refractivity contribution is -0.384. The molecule has 0 aliphatic carbocycles. The van der Waals surface area contributed by atoms with E-state index >= 15 is 0 Å². The van der Waals surface area contributed by atoms with Gasteiger partial charge in [-0.3, -0.25) is 15.1 Å². The lowest BCUT2D eigenvalue weighted by Gasteiger charge is -2.36. The van der Waals surface area contributed by atoms with Gasteiger partial charge in [0.15, 0.2) is 0 Å². The predicted octanol–water partition coefficient (Wildman–Crippen LogP) is 2.60. The van der Waals surface area contributed by atoms with Crippen molar-refractivity contribution in [1.29, 1.82) is 0 Å². The van der Waals surface area contributed by atoms with Crippen LogP contribution in [0.3, 0.4) is 0 Å². The number of nitrogens with zero attached hydrogens (tertiary/aromatic N) is 5. The van der Waals surface area contributed by atoms with E-state index in [0.29, 0.717) is 43.0 Å². The maximum Gasteiger partial charge on any atom is 0.410 e. The van der Waals surface area contributed by atoms with Crippen LogP contribution in [0.1, 0.15) is 20.8 Å². The average molecular weight is 359 g/mol. The summed E-state index contributed by atoms with van der Waals surface area (Å²) in [7, 11) is 0. The number of nitro benzene ring substituents is 1. The number of hydrogen-bond donors (Lipinski definition) is 0. The largest absolute Gasteiger partial charge is 0.444 e. The molecule has 1 amide bonds. The zero-order valence-corrected chi connectivity index (χ0v) is 15.0. The van der Waals surface area contributed by atoms with Gasteiger partial charge in [-0.05, 0) is 26.8 Å². The molecule has 26 heavy (non-hydrogen) atoms. The van der Waals surface area contributed by atoms with E-state index in [1.165, 1.54) is 12.1 Å². The highest BCUT2D eigenvalue weighted by Crippen LogP contribution is 2.21. The lowest BCUT2D eigenvalue weighted by Crippen LogP contribution is -2.50. The number of fused-ring (bicyclic) bond motifs is 1. The van der Waals surface area contributed by atoms with Crippen molar-refractivity contribution in [2.75, 3.05) is 31.1 Å². The fourth-order valence-electron chi connectivity index (χ4n) is 2.70. The minimum absolute atomic E-state index is 0.00877. The number of ether oxygens (including phenoxy) is 1. The predicted molar refractivity (Wildman–Crippen MR) is 96.2 cm³/mol. The second-order valence-corrected chi connectivity index (χ2v) is 7.11. The number of carbonyl (C=O) groups excluding carboxylic acids is 1. The van der Waals surface area contributed by atoms with Crippen molar-refractivity contribution < 1.29 is 14.5 Å². The first-order valence-corrected chi connectivity index (χ1v) is 8.37. The fourth-order valence-corrected chi connectivity index (χ4v) is 2.70. The molecular formula is C17H21N5O4. The second kappa shape index (κ2) is 6.74. The molecule has 0 bridgehead atoms. The maximum atomic E-state index is 12.1. The first kappa shape index (κ1) is 17.8. The number of non-ortho nitro benzene ring substituents is 1. The van der Waals surface area contributed by atoms with Crippen molar-refractivity contribution in [3.8, 4) is 0 Å². The third-order valence-electron chi connectivity index (χ3n) is 3.98. The first-order valence-electron chi connectivity index (χ1n) is 8.37. The minimum Gasteiger partial charge on any atom is -0.444 e. The number of carbonyl (C=O) groups is 1. The van der Waals surface area contributed by atoms with Gasteiger partial charge >= 0.3 is 6.09 Å². The molecule has 1 aliphatic rings. The molecule has 2 heterocycles. The second-order valence-electron chi connectivity index (χ2n) is 7.11. The van der Waals surface area contributed by atoms with Gasteiger partial charge in [0.1, 0.15) is 11.4 Å². The average Bonchev–Trinajstić information content (AvgIpc) is 2.59. The number of nitro groups is 1. The third kappa shape index (κ3) is 3.98. The van der Waals surface area contributed by atoms with Crippen LogP contribution < -0.4 is 4.90 Å². The molecule has 0 saturated carbocycles. The Labute approximate surface area is 150 Å². The van der Waals surface area contributed by atoms with Gasteiger partial charge in [0.2, 0.25) is 0 Å². The van der Waals surface area contributed by atoms with E-state index in [4.69, 9.17) is 4.74 Å². The maximum absolute atomic E-state index is 12.1. The van der Waals surface area contributed by atoms with E-state index in [1.807, 2.05) is 25.7 Å². The third-order valence-corrected chi connectivity index (χ3v) is 3.98. The molecule has 1 aliphatic heterocycles. The molecule has 138 valence electrons. The molecule has 1 saturated heterocycles. The van der Waals surface area contributed by atoms with E-state index in [2.05, 4.69) is 9.97 Å². The van der Waals surface area contributed by atoms with E-state index in [9.17, 15) is 14.9 Å². The van der Waals surface area contributed by atoms with Crippen molar-refractivity contribution in [2.24, 2.45) is 0 Å². The van der Waals surface area contributed by atoms with Gasteiger partial charge in [-0.15, -0.1) is 0 Å². The molecule has 0 N–H and O–H groups in total. The number of amides is 1. The molecule has 0 unspecified atom stereocenters. The van der Waals surface area contributed by atoms with Crippen LogP contribution in [-0.2, 0) is 4.74 Å². The van der Waals surface area contributed by atoms with Crippen LogP contribution in [0, 0.1) is 10.1 Å². The summed E-state index contributed by atoms with van der Waals surface area (Å²) >= 11 is 0. The minimum atomic E-state index is -0.513. The summed E-state index contributed by atoms with van der Waals surface area (Å²) in [6.07, 6.45) is 1.30. The lowest BCUT2D eigenvalue weighted by atomic mass is 10.2. The van der Waals surface area contributed by atoms with Crippen LogP contribution >= 0.6 is 0 Å². The number of piperazine rings is 1. The van der Waals surface area contributed by atoms with E-state index < -0.39 is 10.5 Å². The number of rotatable bonds is 2. The Kier molecular flexibility index (Phi) is 4.62. The molecule has 1 aromatic heterocycles. The summed E-state index contributed by atoms with van der Waals surface area (Å²) in [5.41, 5.74) is 0.559. The Bertz CT molecular complexity index is 841. The quantitative estimate of drug-likeness (QED) is 0.600. The van der Waals surface area contributed by atoms with Crippen molar-refractivity contribution in [3.05, 3.63) is 34.5 Å². The molecule has 0 atom stereocenters. The molecule has 0 radical (unpaired) electrons. The van der Waals surface area contributed by atoms with Crippen LogP contribution in [0.25, 0.3) is 11.0 Å². The number of aromatic nitrogens is 2. The van der Waals surface area contributed by atoms with Crippen molar-refractivity contribution in [2.45, 2.75) is 26.4 Å². The van der Waals surface area contributed by atoms with Gasteiger partial charge < -0.3 is 14.5 Å². The van der Waals surface area contributed by atoms with E-state index in [0.717, 1.165) is 0 Å². The molecule has 9 nitrogen and oxygen atoms in total. The molecule has 9 heteroatoms. The number of benzene rings is 1. The van der Waals surface area contributed by atoms with Crippen LogP contribution in [0.2, 0.25) is 0 Å². The van der Waals surface area contributed by atoms with Crippen LogP contribution in [0.4, 0.5) is 16.3 Å². The standard InChI is InChI=1S/C17H21N5O4/c1-17(2,3)26-16(23)21-8-6-20(7-9-21)15-11-18-14-10-12(22(24)25)4-5-13(14)19-15/h4-5,10-11H,6-9H2,1-3H3. The molecule has 2 aromatic rings. The van der Waals surface area contributed by atoms with Crippen molar-refractivity contribution in [1.82, 2.24) is 14.9 Å². The Hall–Kier alpha value is -2.97. The summed E-state index contributed by atoms with van der Waals surface area (Å²) in [5, 5.41) is 10.8. The zero-order valence-electron chi connectivity index (χ0n) is 15.0. The Morgan fingerprint density at radius 2 is 1.88 bits per heavy atom. The van der Waals surface area contributed by atoms with Crippen LogP contribution in [0.5, 0.6) is 0 Å². The molecule has 1 aromatic carbocycles. The Morgan fingerprint density at radius 3 is 2.50 bits per heavy atom. The zero-order chi connectivity index (χ0) is 18.9. The van der Waals surface area contributed by atoms with Gasteiger partial charge in [-0.1, -0.05) is 0 Å². The van der Waals surface area contributed by atoms with E-state index in [1.54, 1.807) is 17.2 Å². The summed E-state index contributed by atoms with van der Waals surface area (Å²) in [5.74, 6) is 0.690. The normalized spacial score (nSPS) is 15.2. The molecular weight excluding hydrogens is 338 g/mol. The summed E-state index contributed by atoms with van der Waals surface area (Å²) < 4.78 is 5.39. The van der Waals surface area contributed by atoms with Gasteiger partial charge in [0.25, 0.3) is 5.69 Å². The van der Waals surface area contributed by atoms with Crippen molar-refractivity contribution >= 4 is 28.6 Å². The fraction of sp³-hybridized carbons (Fsp3) is 0.471. The van der Waals surface area contributed by atoms with Gasteiger partial charge in [0, 0.05) is 38.3 Å². The highest BCUT2D eigenvalue weighted by atomic mass is 16.6. The van der Waals surface area contributed by atoms with Gasteiger partial charge in [-0.2, -0.15) is 0 Å². The Morgan fingerprint density at radius 1 is 1.19 bits per heavy atom. The number of anilines is 1. The summed E-state index contributed by atoms with van der Waals surface area (Å²) in [4.78, 5) is 35.0. The number of hydrogen-bond acceptors (Lipinski definition) is 7. The molecule has 0 spiro atoms. The van der Waals surface area contributed by atoms with Crippen LogP contribution in [0.15, 0.2) is 24.4 Å². The smallest absolute Gasteiger partial charge is 0.410 e. The van der Waals surface area contributed by atoms with Crippen molar-refractivity contribution in [3.63, 3.8) is 0 Å². The monoisotopic (exact) mass is 359 g/mol. The summed E-state index contributed by atoms with van der Waals surface area (Å²) in [6.45, 7) is 7.84. The van der Waals surface area contributed by atoms with Crippen LogP contribution in [-0.4, -0.2) is 57.7 Å². The highest BCUT2D eigenvalue weighted by Gasteiger charge is 2.26. The molecule has 3 rings (SSSR count). The Balaban J connectivity index is 1.68. The van der Waals surface area contributed by atoms with Gasteiger partial charge in [0.05, 0.1) is 22.2 Å². The van der Waals surface area contributed by atoms with E-state index in [-0.39, 0.29) is 11.8 Å². The topological polar surface area (TPSA) is 102 Å². The first-order chi connectivity index (χ1) is 12.2. The summed E-state index contributed by atoms with van der Waals surface area (Å²) in [6, 6.07) is 4.43. The SMILES string of the molecule is CC(C)(C)OC(=O)N1CCN(c2cnc3cc([N+](=O)[O-])ccc3n2)CC1. The highest BCUT2D eigenvalue weighted by molar-refractivity contribution is 5.78. The molecule has 1 fully saturated rings.